The van der Waals surface area contributed by atoms with E-state index in [1.807, 2.05) is 0 Å². The first-order chi connectivity index (χ1) is 8.70. The van der Waals surface area contributed by atoms with Crippen molar-refractivity contribution in [3.05, 3.63) is 35.4 Å². The fourth-order valence-corrected chi connectivity index (χ4v) is 3.12. The predicted octanol–water partition coefficient (Wildman–Crippen LogP) is 4.50. The Morgan fingerprint density at radius 2 is 2.00 bits per heavy atom. The number of methoxy groups -OCH3 is 1. The van der Waals surface area contributed by atoms with Crippen molar-refractivity contribution in [2.24, 2.45) is 0 Å². The van der Waals surface area contributed by atoms with E-state index in [0.717, 1.165) is 12.8 Å². The highest BCUT2D eigenvalue weighted by atomic mass is 35.5. The lowest BCUT2D eigenvalue weighted by Gasteiger charge is -2.29. The summed E-state index contributed by atoms with van der Waals surface area (Å²) in [5.41, 5.74) is 2.95. The molecule has 2 nitrogen and oxygen atoms in total. The molecule has 1 aromatic carbocycles. The number of aryl methyl sites for hydroxylation is 1. The third kappa shape index (κ3) is 3.50. The standard InChI is InChI=1S/C16H23NO.ClH/c1-3-13-7-6-8-14(11-13)16(9-4-5-10-16)12-15(17)18-2;/h6-8,11,17H,3-5,9-10,12H2,1-2H3;1H. The molecule has 0 radical (unpaired) electrons. The number of ether oxygens (including phenoxy) is 1. The van der Waals surface area contributed by atoms with Crippen LogP contribution in [0.1, 0.15) is 50.2 Å². The van der Waals surface area contributed by atoms with Crippen LogP contribution in [0, 0.1) is 5.41 Å². The van der Waals surface area contributed by atoms with Crippen molar-refractivity contribution in [1.29, 1.82) is 5.41 Å². The molecule has 0 heterocycles. The van der Waals surface area contributed by atoms with Gasteiger partial charge in [-0.1, -0.05) is 44.0 Å². The maximum Gasteiger partial charge on any atom is 0.180 e. The topological polar surface area (TPSA) is 33.1 Å². The molecule has 106 valence electrons. The highest BCUT2D eigenvalue weighted by Gasteiger charge is 2.37. The molecule has 0 unspecified atom stereocenters. The molecular weight excluding hydrogens is 258 g/mol. The van der Waals surface area contributed by atoms with Gasteiger partial charge in [-0.3, -0.25) is 5.41 Å². The van der Waals surface area contributed by atoms with Gasteiger partial charge in [0, 0.05) is 11.8 Å². The van der Waals surface area contributed by atoms with E-state index < -0.39 is 0 Å². The second-order valence-electron chi connectivity index (χ2n) is 5.35. The predicted molar refractivity (Wildman–Crippen MR) is 82.6 cm³/mol. The van der Waals surface area contributed by atoms with Crippen molar-refractivity contribution in [2.75, 3.05) is 7.11 Å². The minimum absolute atomic E-state index is 0. The monoisotopic (exact) mass is 281 g/mol. The summed E-state index contributed by atoms with van der Waals surface area (Å²) in [5, 5.41) is 7.85. The third-order valence-electron chi connectivity index (χ3n) is 4.25. The van der Waals surface area contributed by atoms with Crippen molar-refractivity contribution >= 4 is 18.3 Å². The number of hydrogen-bond donors (Lipinski definition) is 1. The van der Waals surface area contributed by atoms with Gasteiger partial charge in [0.2, 0.25) is 0 Å². The van der Waals surface area contributed by atoms with Crippen LogP contribution in [-0.2, 0) is 16.6 Å². The molecule has 1 fully saturated rings. The maximum absolute atomic E-state index is 7.85. The Labute approximate surface area is 122 Å². The van der Waals surface area contributed by atoms with E-state index in [9.17, 15) is 0 Å². The quantitative estimate of drug-likeness (QED) is 0.640. The van der Waals surface area contributed by atoms with Gasteiger partial charge in [0.15, 0.2) is 5.90 Å². The minimum atomic E-state index is 0. The second kappa shape index (κ2) is 6.95. The molecule has 1 saturated carbocycles. The number of nitrogens with one attached hydrogen (secondary N) is 1. The summed E-state index contributed by atoms with van der Waals surface area (Å²) in [6.07, 6.45) is 6.74. The first kappa shape index (κ1) is 16.0. The molecule has 2 rings (SSSR count). The molecule has 1 aliphatic carbocycles. The largest absolute Gasteiger partial charge is 0.484 e. The second-order valence-corrected chi connectivity index (χ2v) is 5.35. The van der Waals surface area contributed by atoms with Crippen molar-refractivity contribution < 1.29 is 4.74 Å². The summed E-state index contributed by atoms with van der Waals surface area (Å²) in [5.74, 6) is 0.416. The lowest BCUT2D eigenvalue weighted by atomic mass is 9.75. The zero-order valence-corrected chi connectivity index (χ0v) is 12.7. The Kier molecular flexibility index (Phi) is 5.86. The van der Waals surface area contributed by atoms with Crippen LogP contribution >= 0.6 is 12.4 Å². The van der Waals surface area contributed by atoms with E-state index in [1.165, 1.54) is 36.8 Å². The van der Waals surface area contributed by atoms with Gasteiger partial charge in [0.25, 0.3) is 0 Å². The van der Waals surface area contributed by atoms with E-state index in [1.54, 1.807) is 7.11 Å². The molecule has 0 saturated heterocycles. The van der Waals surface area contributed by atoms with Crippen molar-refractivity contribution in [3.63, 3.8) is 0 Å². The van der Waals surface area contributed by atoms with Crippen molar-refractivity contribution in [1.82, 2.24) is 0 Å². The molecule has 1 aromatic rings. The normalized spacial score (nSPS) is 16.7. The van der Waals surface area contributed by atoms with Gasteiger partial charge in [-0.25, -0.2) is 0 Å². The molecule has 1 N–H and O–H groups in total. The first-order valence-corrected chi connectivity index (χ1v) is 6.91. The third-order valence-corrected chi connectivity index (χ3v) is 4.25. The van der Waals surface area contributed by atoms with Crippen LogP contribution in [0.5, 0.6) is 0 Å². The fourth-order valence-electron chi connectivity index (χ4n) is 3.12. The number of benzene rings is 1. The molecule has 0 aromatic heterocycles. The average molecular weight is 282 g/mol. The maximum atomic E-state index is 7.85. The average Bonchev–Trinajstić information content (AvgIpc) is 2.88. The van der Waals surface area contributed by atoms with Gasteiger partial charge in [-0.2, -0.15) is 0 Å². The van der Waals surface area contributed by atoms with Gasteiger partial charge in [-0.15, -0.1) is 12.4 Å². The SMILES string of the molecule is CCc1cccc(C2(CC(=N)OC)CCCC2)c1.Cl. The summed E-state index contributed by atoms with van der Waals surface area (Å²) < 4.78 is 5.10. The Hall–Kier alpha value is -1.02. The Morgan fingerprint density at radius 3 is 2.58 bits per heavy atom. The first-order valence-electron chi connectivity index (χ1n) is 6.91. The van der Waals surface area contributed by atoms with Crippen LogP contribution in [0.2, 0.25) is 0 Å². The van der Waals surface area contributed by atoms with Crippen LogP contribution in [0.3, 0.4) is 0 Å². The van der Waals surface area contributed by atoms with Crippen LogP contribution in [0.4, 0.5) is 0 Å². The van der Waals surface area contributed by atoms with E-state index in [4.69, 9.17) is 10.1 Å². The van der Waals surface area contributed by atoms with E-state index in [2.05, 4.69) is 31.2 Å². The number of hydrogen-bond acceptors (Lipinski definition) is 2. The summed E-state index contributed by atoms with van der Waals surface area (Å²) in [7, 11) is 1.60. The number of halogens is 1. The summed E-state index contributed by atoms with van der Waals surface area (Å²) in [6.45, 7) is 2.19. The minimum Gasteiger partial charge on any atom is -0.484 e. The summed E-state index contributed by atoms with van der Waals surface area (Å²) in [4.78, 5) is 0. The van der Waals surface area contributed by atoms with Gasteiger partial charge < -0.3 is 4.74 Å². The molecule has 3 heteroatoms. The van der Waals surface area contributed by atoms with Crippen molar-refractivity contribution in [3.8, 4) is 0 Å². The van der Waals surface area contributed by atoms with Gasteiger partial charge in [0.1, 0.15) is 0 Å². The Morgan fingerprint density at radius 1 is 1.32 bits per heavy atom. The lowest BCUT2D eigenvalue weighted by Crippen LogP contribution is -2.26. The van der Waals surface area contributed by atoms with E-state index in [0.29, 0.717) is 5.90 Å². The highest BCUT2D eigenvalue weighted by Crippen LogP contribution is 2.44. The smallest absolute Gasteiger partial charge is 0.180 e. The molecule has 0 aliphatic heterocycles. The van der Waals surface area contributed by atoms with Crippen LogP contribution < -0.4 is 0 Å². The van der Waals surface area contributed by atoms with E-state index in [-0.39, 0.29) is 17.8 Å². The van der Waals surface area contributed by atoms with Gasteiger partial charge in [0.05, 0.1) is 7.11 Å². The molecule has 0 amide bonds. The Balaban J connectivity index is 0.00000180. The summed E-state index contributed by atoms with van der Waals surface area (Å²) >= 11 is 0. The molecule has 0 spiro atoms. The molecule has 1 aliphatic rings. The number of rotatable bonds is 4. The van der Waals surface area contributed by atoms with Crippen LogP contribution in [-0.4, -0.2) is 13.0 Å². The molecule has 19 heavy (non-hydrogen) atoms. The van der Waals surface area contributed by atoms with Crippen LogP contribution in [0.15, 0.2) is 24.3 Å². The highest BCUT2D eigenvalue weighted by molar-refractivity contribution is 5.85. The summed E-state index contributed by atoms with van der Waals surface area (Å²) in [6, 6.07) is 8.90. The van der Waals surface area contributed by atoms with Crippen molar-refractivity contribution in [2.45, 2.75) is 50.9 Å². The molecule has 0 bridgehead atoms. The molecule has 0 atom stereocenters. The Bertz CT molecular complexity index is 425. The fraction of sp³-hybridized carbons (Fsp3) is 0.562. The van der Waals surface area contributed by atoms with Gasteiger partial charge >= 0.3 is 0 Å². The molecular formula is C16H24ClNO. The van der Waals surface area contributed by atoms with Gasteiger partial charge in [-0.05, 0) is 30.4 Å². The van der Waals surface area contributed by atoms with Crippen LogP contribution in [0.25, 0.3) is 0 Å². The lowest BCUT2D eigenvalue weighted by molar-refractivity contribution is 0.350. The zero-order chi connectivity index (χ0) is 13.0. The van der Waals surface area contributed by atoms with E-state index >= 15 is 0 Å². The zero-order valence-electron chi connectivity index (χ0n) is 11.9.